The van der Waals surface area contributed by atoms with Crippen LogP contribution in [-0.4, -0.2) is 58.1 Å². The first kappa shape index (κ1) is 25.8. The lowest BCUT2D eigenvalue weighted by Crippen LogP contribution is -2.54. The van der Waals surface area contributed by atoms with Gasteiger partial charge >= 0.3 is 6.18 Å². The summed E-state index contributed by atoms with van der Waals surface area (Å²) in [5.74, 6) is 0.194. The van der Waals surface area contributed by atoms with E-state index in [1.54, 1.807) is 24.0 Å². The maximum Gasteiger partial charge on any atom is 0.416 e. The molecule has 1 N–H and O–H groups in total. The van der Waals surface area contributed by atoms with E-state index in [2.05, 4.69) is 4.72 Å². The molecule has 1 heterocycles. The molecule has 186 valence electrons. The summed E-state index contributed by atoms with van der Waals surface area (Å²) in [7, 11) is -3.94. The first-order valence-corrected chi connectivity index (χ1v) is 12.4. The van der Waals surface area contributed by atoms with Crippen molar-refractivity contribution >= 4 is 21.6 Å². The molecule has 2 aromatic rings. The second-order valence-corrected chi connectivity index (χ2v) is 9.78. The molecular weight excluding hydrogens is 471 g/mol. The lowest BCUT2D eigenvalue weighted by atomic mass is 10.1. The van der Waals surface area contributed by atoms with E-state index in [1.165, 1.54) is 30.0 Å². The molecular formula is C23H28F3N3O4S. The number of piperazine rings is 1. The number of sulfonamides is 1. The number of carbonyl (C=O) groups is 1. The molecule has 1 aliphatic rings. The molecule has 7 nitrogen and oxygen atoms in total. The first-order chi connectivity index (χ1) is 15.9. The quantitative estimate of drug-likeness (QED) is 0.632. The van der Waals surface area contributed by atoms with Crippen molar-refractivity contribution in [3.05, 3.63) is 53.6 Å². The number of nitrogens with zero attached hydrogens (tertiary/aromatic N) is 2. The molecule has 0 radical (unpaired) electrons. The van der Waals surface area contributed by atoms with Crippen LogP contribution in [0.5, 0.6) is 5.75 Å². The maximum atomic E-state index is 13.0. The SMILES string of the molecule is CCOc1ccc(S(=O)(=O)N[C@H](C)C(=O)N2CCN(c3cccc(C(F)(F)F)c3)CC2)cc1C. The van der Waals surface area contributed by atoms with E-state index in [1.807, 2.05) is 6.92 Å². The van der Waals surface area contributed by atoms with E-state index < -0.39 is 33.7 Å². The number of benzene rings is 2. The molecule has 0 unspecified atom stereocenters. The summed E-state index contributed by atoms with van der Waals surface area (Å²) in [4.78, 5) is 16.2. The number of rotatable bonds is 7. The van der Waals surface area contributed by atoms with Gasteiger partial charge in [-0.2, -0.15) is 17.9 Å². The van der Waals surface area contributed by atoms with Crippen LogP contribution in [-0.2, 0) is 21.0 Å². The molecule has 1 saturated heterocycles. The number of carbonyl (C=O) groups excluding carboxylic acids is 1. The Morgan fingerprint density at radius 1 is 1.12 bits per heavy atom. The Morgan fingerprint density at radius 2 is 1.79 bits per heavy atom. The van der Waals surface area contributed by atoms with Crippen molar-refractivity contribution in [1.82, 2.24) is 9.62 Å². The summed E-state index contributed by atoms with van der Waals surface area (Å²) < 4.78 is 72.4. The lowest BCUT2D eigenvalue weighted by molar-refractivity contribution is -0.137. The van der Waals surface area contributed by atoms with Crippen LogP contribution in [0.4, 0.5) is 18.9 Å². The molecule has 0 saturated carbocycles. The zero-order valence-electron chi connectivity index (χ0n) is 19.2. The Bertz CT molecular complexity index is 1130. The van der Waals surface area contributed by atoms with Gasteiger partial charge in [-0.1, -0.05) is 6.07 Å². The number of anilines is 1. The van der Waals surface area contributed by atoms with Crippen LogP contribution >= 0.6 is 0 Å². The first-order valence-electron chi connectivity index (χ1n) is 10.9. The molecule has 1 aliphatic heterocycles. The van der Waals surface area contributed by atoms with Gasteiger partial charge in [0.2, 0.25) is 15.9 Å². The van der Waals surface area contributed by atoms with E-state index in [-0.39, 0.29) is 18.0 Å². The van der Waals surface area contributed by atoms with Crippen LogP contribution in [0.25, 0.3) is 0 Å². The summed E-state index contributed by atoms with van der Waals surface area (Å²) in [5.41, 5.74) is 0.368. The van der Waals surface area contributed by atoms with Crippen molar-refractivity contribution in [2.24, 2.45) is 0 Å². The molecule has 1 fully saturated rings. The van der Waals surface area contributed by atoms with Crippen molar-refractivity contribution in [3.8, 4) is 5.75 Å². The predicted molar refractivity (Wildman–Crippen MR) is 122 cm³/mol. The summed E-state index contributed by atoms with van der Waals surface area (Å²) >= 11 is 0. The number of alkyl halides is 3. The second-order valence-electron chi connectivity index (χ2n) is 8.06. The van der Waals surface area contributed by atoms with Gasteiger partial charge in [-0.05, 0) is 62.7 Å². The molecule has 0 aromatic heterocycles. The van der Waals surface area contributed by atoms with Crippen LogP contribution in [0, 0.1) is 6.92 Å². The van der Waals surface area contributed by atoms with Gasteiger partial charge in [0, 0.05) is 31.9 Å². The topological polar surface area (TPSA) is 78.9 Å². The average molecular weight is 500 g/mol. The van der Waals surface area contributed by atoms with E-state index >= 15 is 0 Å². The van der Waals surface area contributed by atoms with Gasteiger partial charge < -0.3 is 14.5 Å². The zero-order chi connectivity index (χ0) is 25.1. The summed E-state index contributed by atoms with van der Waals surface area (Å²) in [6.45, 7) is 6.71. The third-order valence-corrected chi connectivity index (χ3v) is 7.13. The van der Waals surface area contributed by atoms with E-state index in [4.69, 9.17) is 4.74 Å². The van der Waals surface area contributed by atoms with Gasteiger partial charge in [0.1, 0.15) is 5.75 Å². The monoisotopic (exact) mass is 499 g/mol. The van der Waals surface area contributed by atoms with E-state index in [0.29, 0.717) is 36.7 Å². The Hall–Kier alpha value is -2.79. The van der Waals surface area contributed by atoms with E-state index in [9.17, 15) is 26.4 Å². The van der Waals surface area contributed by atoms with Crippen molar-refractivity contribution in [1.29, 1.82) is 0 Å². The number of hydrogen-bond donors (Lipinski definition) is 1. The van der Waals surface area contributed by atoms with Crippen LogP contribution in [0.1, 0.15) is 25.0 Å². The number of amides is 1. The number of halogens is 3. The Balaban J connectivity index is 1.61. The second kappa shape index (κ2) is 10.2. The van der Waals surface area contributed by atoms with Crippen LogP contribution in [0.3, 0.4) is 0 Å². The number of aryl methyl sites for hydroxylation is 1. The molecule has 1 amide bonds. The van der Waals surface area contributed by atoms with Crippen molar-refractivity contribution < 1.29 is 31.1 Å². The molecule has 3 rings (SSSR count). The number of ether oxygens (including phenoxy) is 1. The van der Waals surface area contributed by atoms with Gasteiger partial charge in [0.15, 0.2) is 0 Å². The lowest BCUT2D eigenvalue weighted by Gasteiger charge is -2.37. The summed E-state index contributed by atoms with van der Waals surface area (Å²) in [5, 5.41) is 0. The third kappa shape index (κ3) is 6.01. The van der Waals surface area contributed by atoms with Crippen LogP contribution < -0.4 is 14.4 Å². The third-order valence-electron chi connectivity index (χ3n) is 5.59. The minimum atomic E-state index is -4.43. The minimum Gasteiger partial charge on any atom is -0.494 e. The zero-order valence-corrected chi connectivity index (χ0v) is 20.0. The number of nitrogens with one attached hydrogen (secondary N) is 1. The highest BCUT2D eigenvalue weighted by atomic mass is 32.2. The molecule has 11 heteroatoms. The summed E-state index contributed by atoms with van der Waals surface area (Å²) in [6, 6.07) is 8.54. The van der Waals surface area contributed by atoms with Crippen molar-refractivity contribution in [2.45, 2.75) is 37.9 Å². The standard InChI is InChI=1S/C23H28F3N3O4S/c1-4-33-21-9-8-20(14-16(21)2)34(31,32)27-17(3)22(30)29-12-10-28(11-13-29)19-7-5-6-18(15-19)23(24,25)26/h5-9,14-15,17,27H,4,10-13H2,1-3H3/t17-/m1/s1. The Kier molecular flexibility index (Phi) is 7.77. The largest absolute Gasteiger partial charge is 0.494 e. The fraction of sp³-hybridized carbons (Fsp3) is 0.435. The van der Waals surface area contributed by atoms with Gasteiger partial charge in [-0.25, -0.2) is 8.42 Å². The minimum absolute atomic E-state index is 0.0301. The molecule has 1 atom stereocenters. The molecule has 0 bridgehead atoms. The van der Waals surface area contributed by atoms with Crippen molar-refractivity contribution in [2.75, 3.05) is 37.7 Å². The van der Waals surface area contributed by atoms with Gasteiger partial charge in [-0.3, -0.25) is 4.79 Å². The highest BCUT2D eigenvalue weighted by Crippen LogP contribution is 2.32. The summed E-state index contributed by atoms with van der Waals surface area (Å²) in [6.07, 6.45) is -4.43. The predicted octanol–water partition coefficient (Wildman–Crippen LogP) is 3.43. The highest BCUT2D eigenvalue weighted by Gasteiger charge is 2.32. The van der Waals surface area contributed by atoms with Gasteiger partial charge in [-0.15, -0.1) is 0 Å². The van der Waals surface area contributed by atoms with E-state index in [0.717, 1.165) is 12.1 Å². The fourth-order valence-electron chi connectivity index (χ4n) is 3.80. The van der Waals surface area contributed by atoms with Crippen LogP contribution in [0.2, 0.25) is 0 Å². The highest BCUT2D eigenvalue weighted by molar-refractivity contribution is 7.89. The normalized spacial score (nSPS) is 15.8. The Morgan fingerprint density at radius 3 is 2.38 bits per heavy atom. The smallest absolute Gasteiger partial charge is 0.416 e. The molecule has 0 aliphatic carbocycles. The number of hydrogen-bond acceptors (Lipinski definition) is 5. The van der Waals surface area contributed by atoms with Crippen molar-refractivity contribution in [3.63, 3.8) is 0 Å². The average Bonchev–Trinajstić information content (AvgIpc) is 2.79. The maximum absolute atomic E-state index is 13.0. The van der Waals surface area contributed by atoms with Crippen LogP contribution in [0.15, 0.2) is 47.4 Å². The van der Waals surface area contributed by atoms with Gasteiger partial charge in [0.25, 0.3) is 0 Å². The molecule has 34 heavy (non-hydrogen) atoms. The fourth-order valence-corrected chi connectivity index (χ4v) is 5.08. The Labute approximate surface area is 197 Å². The molecule has 0 spiro atoms. The van der Waals surface area contributed by atoms with Gasteiger partial charge in [0.05, 0.1) is 23.1 Å². The molecule has 2 aromatic carbocycles.